The molecule has 0 aliphatic carbocycles. The van der Waals surface area contributed by atoms with Gasteiger partial charge in [0.1, 0.15) is 5.38 Å². The minimum Gasteiger partial charge on any atom is -0.196 e. The van der Waals surface area contributed by atoms with Gasteiger partial charge in [-0.2, -0.15) is 5.26 Å². The highest BCUT2D eigenvalue weighted by Gasteiger charge is 2.02. The summed E-state index contributed by atoms with van der Waals surface area (Å²) in [5.41, 5.74) is 0.853. The molecular weight excluding hydrogens is 146 g/mol. The Morgan fingerprint density at radius 3 is 2.40 bits per heavy atom. The number of hydrogen-bond acceptors (Lipinski definition) is 1. The van der Waals surface area contributed by atoms with Gasteiger partial charge in [-0.25, -0.2) is 0 Å². The fourth-order valence-corrected chi connectivity index (χ4v) is 0.842. The lowest BCUT2D eigenvalue weighted by atomic mass is 10.2. The lowest BCUT2D eigenvalue weighted by Gasteiger charge is -1.96. The van der Waals surface area contributed by atoms with Crippen LogP contribution in [0.15, 0.2) is 30.3 Å². The van der Waals surface area contributed by atoms with Crippen LogP contribution in [0.2, 0.25) is 0 Å². The molecule has 2 heteroatoms. The third kappa shape index (κ3) is 1.49. The van der Waals surface area contributed by atoms with E-state index >= 15 is 0 Å². The minimum atomic E-state index is -0.513. The van der Waals surface area contributed by atoms with Crippen LogP contribution in [0.4, 0.5) is 0 Å². The van der Waals surface area contributed by atoms with E-state index in [1.807, 2.05) is 36.4 Å². The Kier molecular flexibility index (Phi) is 2.30. The highest BCUT2D eigenvalue weighted by Crippen LogP contribution is 2.17. The van der Waals surface area contributed by atoms with Gasteiger partial charge in [-0.05, 0) is 5.56 Å². The molecule has 1 rings (SSSR count). The topological polar surface area (TPSA) is 23.8 Å². The Morgan fingerprint density at radius 1 is 1.30 bits per heavy atom. The summed E-state index contributed by atoms with van der Waals surface area (Å²) in [4.78, 5) is 0. The molecule has 1 nitrogen and oxygen atoms in total. The summed E-state index contributed by atoms with van der Waals surface area (Å²) in [6, 6.07) is 11.2. The first-order valence-electron chi connectivity index (χ1n) is 2.93. The first kappa shape index (κ1) is 7.11. The Hall–Kier alpha value is -1.00. The molecular formula is C8H6ClN. The first-order valence-corrected chi connectivity index (χ1v) is 3.37. The molecule has 0 fully saturated rings. The van der Waals surface area contributed by atoms with Crippen LogP contribution in [-0.4, -0.2) is 0 Å². The summed E-state index contributed by atoms with van der Waals surface area (Å²) in [5.74, 6) is 0. The average molecular weight is 152 g/mol. The number of nitriles is 1. The fraction of sp³-hybridized carbons (Fsp3) is 0.125. The number of hydrogen-bond donors (Lipinski definition) is 0. The van der Waals surface area contributed by atoms with Gasteiger partial charge in [0.05, 0.1) is 6.07 Å². The van der Waals surface area contributed by atoms with E-state index in [1.165, 1.54) is 0 Å². The molecule has 0 bridgehead atoms. The van der Waals surface area contributed by atoms with Crippen LogP contribution < -0.4 is 0 Å². The van der Waals surface area contributed by atoms with Crippen molar-refractivity contribution in [3.05, 3.63) is 35.9 Å². The zero-order chi connectivity index (χ0) is 7.40. The van der Waals surface area contributed by atoms with Crippen molar-refractivity contribution in [3.8, 4) is 6.07 Å². The van der Waals surface area contributed by atoms with Gasteiger partial charge < -0.3 is 0 Å². The maximum Gasteiger partial charge on any atom is 0.145 e. The monoisotopic (exact) mass is 151 g/mol. The molecule has 10 heavy (non-hydrogen) atoms. The van der Waals surface area contributed by atoms with Crippen molar-refractivity contribution in [2.45, 2.75) is 5.38 Å². The van der Waals surface area contributed by atoms with Crippen LogP contribution in [0.25, 0.3) is 0 Å². The highest BCUT2D eigenvalue weighted by atomic mass is 35.5. The van der Waals surface area contributed by atoms with Gasteiger partial charge in [-0.15, -0.1) is 11.6 Å². The van der Waals surface area contributed by atoms with Gasteiger partial charge in [0, 0.05) is 0 Å². The second kappa shape index (κ2) is 3.24. The smallest absolute Gasteiger partial charge is 0.145 e. The number of benzene rings is 1. The van der Waals surface area contributed by atoms with Gasteiger partial charge in [0.2, 0.25) is 0 Å². The second-order valence-corrected chi connectivity index (χ2v) is 2.34. The Labute approximate surface area is 64.9 Å². The van der Waals surface area contributed by atoms with E-state index in [1.54, 1.807) is 0 Å². The fourth-order valence-electron chi connectivity index (χ4n) is 0.697. The van der Waals surface area contributed by atoms with Crippen LogP contribution in [0.1, 0.15) is 10.9 Å². The molecule has 0 unspecified atom stereocenters. The van der Waals surface area contributed by atoms with Crippen molar-refractivity contribution >= 4 is 11.6 Å². The lowest BCUT2D eigenvalue weighted by Crippen LogP contribution is -1.83. The van der Waals surface area contributed by atoms with E-state index < -0.39 is 5.38 Å². The summed E-state index contributed by atoms with van der Waals surface area (Å²) < 4.78 is 0. The molecule has 0 N–H and O–H groups in total. The van der Waals surface area contributed by atoms with Crippen molar-refractivity contribution in [1.29, 1.82) is 5.26 Å². The van der Waals surface area contributed by atoms with Gasteiger partial charge in [-0.3, -0.25) is 0 Å². The molecule has 0 saturated carbocycles. The molecule has 0 aliphatic heterocycles. The van der Waals surface area contributed by atoms with Crippen LogP contribution >= 0.6 is 11.6 Å². The normalized spacial score (nSPS) is 12.0. The molecule has 1 atom stereocenters. The Morgan fingerprint density at radius 2 is 1.90 bits per heavy atom. The molecule has 0 radical (unpaired) electrons. The SMILES string of the molecule is N#C[C@@H](Cl)c1ccccc1. The number of alkyl halides is 1. The third-order valence-electron chi connectivity index (χ3n) is 1.21. The molecule has 1 aromatic carbocycles. The number of rotatable bonds is 1. The number of nitrogens with zero attached hydrogens (tertiary/aromatic N) is 1. The molecule has 0 amide bonds. The van der Waals surface area contributed by atoms with Crippen LogP contribution in [0.3, 0.4) is 0 Å². The largest absolute Gasteiger partial charge is 0.196 e. The van der Waals surface area contributed by atoms with Gasteiger partial charge >= 0.3 is 0 Å². The van der Waals surface area contributed by atoms with Crippen molar-refractivity contribution in [3.63, 3.8) is 0 Å². The van der Waals surface area contributed by atoms with E-state index in [4.69, 9.17) is 16.9 Å². The van der Waals surface area contributed by atoms with E-state index in [2.05, 4.69) is 0 Å². The predicted molar refractivity (Wildman–Crippen MR) is 40.6 cm³/mol. The van der Waals surface area contributed by atoms with E-state index in [-0.39, 0.29) is 0 Å². The predicted octanol–water partition coefficient (Wildman–Crippen LogP) is 2.49. The van der Waals surface area contributed by atoms with Crippen LogP contribution in [-0.2, 0) is 0 Å². The molecule has 0 heterocycles. The second-order valence-electron chi connectivity index (χ2n) is 1.90. The molecule has 1 aromatic rings. The van der Waals surface area contributed by atoms with Gasteiger partial charge in [0.15, 0.2) is 0 Å². The molecule has 0 aliphatic rings. The summed E-state index contributed by atoms with van der Waals surface area (Å²) >= 11 is 5.63. The minimum absolute atomic E-state index is 0.513. The van der Waals surface area contributed by atoms with Crippen molar-refractivity contribution in [2.75, 3.05) is 0 Å². The summed E-state index contributed by atoms with van der Waals surface area (Å²) in [7, 11) is 0. The lowest BCUT2D eigenvalue weighted by molar-refractivity contribution is 1.21. The third-order valence-corrected chi connectivity index (χ3v) is 1.56. The van der Waals surface area contributed by atoms with E-state index in [0.717, 1.165) is 5.56 Å². The first-order chi connectivity index (χ1) is 4.84. The van der Waals surface area contributed by atoms with E-state index in [0.29, 0.717) is 0 Å². The van der Waals surface area contributed by atoms with Crippen molar-refractivity contribution < 1.29 is 0 Å². The maximum atomic E-state index is 8.41. The Balaban J connectivity index is 2.88. The molecule has 0 aromatic heterocycles. The Bertz CT molecular complexity index is 237. The average Bonchev–Trinajstić information content (AvgIpc) is 2.05. The summed E-state index contributed by atoms with van der Waals surface area (Å²) in [6.45, 7) is 0. The summed E-state index contributed by atoms with van der Waals surface area (Å²) in [6.07, 6.45) is 0. The number of halogens is 1. The van der Waals surface area contributed by atoms with Crippen molar-refractivity contribution in [2.24, 2.45) is 0 Å². The molecule has 0 saturated heterocycles. The zero-order valence-electron chi connectivity index (χ0n) is 5.29. The standard InChI is InChI=1S/C8H6ClN/c9-8(6-10)7-4-2-1-3-5-7/h1-5,8H/t8-/m1/s1. The summed E-state index contributed by atoms with van der Waals surface area (Å²) in [5, 5.41) is 7.89. The van der Waals surface area contributed by atoms with E-state index in [9.17, 15) is 0 Å². The molecule has 0 spiro atoms. The maximum absolute atomic E-state index is 8.41. The van der Waals surface area contributed by atoms with Gasteiger partial charge in [-0.1, -0.05) is 30.3 Å². The van der Waals surface area contributed by atoms with Crippen LogP contribution in [0.5, 0.6) is 0 Å². The van der Waals surface area contributed by atoms with Gasteiger partial charge in [0.25, 0.3) is 0 Å². The molecule has 50 valence electrons. The quantitative estimate of drug-likeness (QED) is 0.566. The zero-order valence-corrected chi connectivity index (χ0v) is 6.05. The van der Waals surface area contributed by atoms with Crippen molar-refractivity contribution in [1.82, 2.24) is 0 Å². The van der Waals surface area contributed by atoms with Crippen LogP contribution in [0, 0.1) is 11.3 Å². The highest BCUT2D eigenvalue weighted by molar-refractivity contribution is 6.22.